The number of benzene rings is 2. The first-order valence-corrected chi connectivity index (χ1v) is 9.91. The van der Waals surface area contributed by atoms with E-state index in [1.807, 2.05) is 29.0 Å². The summed E-state index contributed by atoms with van der Waals surface area (Å²) in [5, 5.41) is 2.72. The number of aromatic nitrogens is 2. The second-order valence-electron chi connectivity index (χ2n) is 6.02. The second-order valence-corrected chi connectivity index (χ2v) is 8.00. The molecule has 3 aromatic rings. The molecule has 0 spiro atoms. The highest BCUT2D eigenvalue weighted by Crippen LogP contribution is 2.23. The number of anilines is 1. The van der Waals surface area contributed by atoms with Gasteiger partial charge in [0.1, 0.15) is 5.82 Å². The molecule has 0 saturated heterocycles. The van der Waals surface area contributed by atoms with Crippen LogP contribution in [-0.2, 0) is 21.2 Å². The summed E-state index contributed by atoms with van der Waals surface area (Å²) in [5.74, 6) is 0.597. The lowest BCUT2D eigenvalue weighted by Crippen LogP contribution is -2.08. The third-order valence-corrected chi connectivity index (χ3v) is 5.09. The van der Waals surface area contributed by atoms with Crippen molar-refractivity contribution in [3.8, 4) is 11.4 Å². The topological polar surface area (TPSA) is 81.1 Å². The number of sulfone groups is 1. The van der Waals surface area contributed by atoms with Gasteiger partial charge in [0.15, 0.2) is 9.84 Å². The first-order valence-electron chi connectivity index (χ1n) is 8.02. The average Bonchev–Trinajstić information content (AvgIpc) is 3.03. The molecule has 1 heterocycles. The number of carbonyl (C=O) groups excluding carboxylic acids is 1. The summed E-state index contributed by atoms with van der Waals surface area (Å²) in [5.41, 5.74) is 2.30. The standard InChI is InChI=1S/C19H19N3O3S/c1-14(23)21-17-9-7-15(8-10-17)19-20-11-12-22(19)13-16-5-3-4-6-18(16)26(2,24)25/h3-12H,13H2,1-2H3,(H,21,23). The molecule has 0 fully saturated rings. The highest BCUT2D eigenvalue weighted by Gasteiger charge is 2.14. The lowest BCUT2D eigenvalue weighted by molar-refractivity contribution is -0.114. The molecule has 0 radical (unpaired) electrons. The Morgan fingerprint density at radius 3 is 2.46 bits per heavy atom. The zero-order valence-electron chi connectivity index (χ0n) is 14.5. The Kier molecular flexibility index (Phi) is 4.90. The van der Waals surface area contributed by atoms with E-state index in [2.05, 4.69) is 10.3 Å². The molecule has 0 atom stereocenters. The predicted octanol–water partition coefficient (Wildman–Crippen LogP) is 2.96. The minimum Gasteiger partial charge on any atom is -0.327 e. The lowest BCUT2D eigenvalue weighted by Gasteiger charge is -2.12. The van der Waals surface area contributed by atoms with E-state index in [0.29, 0.717) is 22.7 Å². The Morgan fingerprint density at radius 1 is 1.12 bits per heavy atom. The average molecular weight is 369 g/mol. The minimum atomic E-state index is -3.31. The minimum absolute atomic E-state index is 0.128. The number of rotatable bonds is 5. The van der Waals surface area contributed by atoms with E-state index < -0.39 is 9.84 Å². The third kappa shape index (κ3) is 4.00. The van der Waals surface area contributed by atoms with E-state index >= 15 is 0 Å². The maximum Gasteiger partial charge on any atom is 0.221 e. The Labute approximate surface area is 152 Å². The highest BCUT2D eigenvalue weighted by molar-refractivity contribution is 7.90. The van der Waals surface area contributed by atoms with Crippen LogP contribution in [0.15, 0.2) is 65.8 Å². The van der Waals surface area contributed by atoms with Gasteiger partial charge >= 0.3 is 0 Å². The molecule has 134 valence electrons. The Bertz CT molecular complexity index is 1040. The van der Waals surface area contributed by atoms with Gasteiger partial charge in [0.25, 0.3) is 0 Å². The molecule has 1 N–H and O–H groups in total. The normalized spacial score (nSPS) is 11.3. The summed E-state index contributed by atoms with van der Waals surface area (Å²) in [6.07, 6.45) is 4.71. The molecule has 1 amide bonds. The van der Waals surface area contributed by atoms with E-state index in [-0.39, 0.29) is 5.91 Å². The van der Waals surface area contributed by atoms with E-state index in [1.165, 1.54) is 13.2 Å². The van der Waals surface area contributed by atoms with Crippen molar-refractivity contribution in [2.75, 3.05) is 11.6 Å². The lowest BCUT2D eigenvalue weighted by atomic mass is 10.1. The fourth-order valence-electron chi connectivity index (χ4n) is 2.78. The second kappa shape index (κ2) is 7.13. The van der Waals surface area contributed by atoms with Crippen LogP contribution in [0.25, 0.3) is 11.4 Å². The van der Waals surface area contributed by atoms with Gasteiger partial charge in [-0.2, -0.15) is 0 Å². The van der Waals surface area contributed by atoms with Crippen LogP contribution in [0, 0.1) is 0 Å². The summed E-state index contributed by atoms with van der Waals surface area (Å²) >= 11 is 0. The van der Waals surface area contributed by atoms with Crippen LogP contribution in [0.1, 0.15) is 12.5 Å². The number of imidazole rings is 1. The molecule has 0 aliphatic carbocycles. The van der Waals surface area contributed by atoms with Crippen molar-refractivity contribution in [3.05, 3.63) is 66.5 Å². The van der Waals surface area contributed by atoms with Gasteiger partial charge in [-0.3, -0.25) is 4.79 Å². The van der Waals surface area contributed by atoms with Crippen molar-refractivity contribution >= 4 is 21.4 Å². The number of nitrogens with one attached hydrogen (secondary N) is 1. The molecule has 1 aromatic heterocycles. The van der Waals surface area contributed by atoms with Crippen molar-refractivity contribution < 1.29 is 13.2 Å². The number of hydrogen-bond donors (Lipinski definition) is 1. The summed E-state index contributed by atoms with van der Waals surface area (Å²) in [7, 11) is -3.31. The molecule has 0 bridgehead atoms. The molecule has 0 saturated carbocycles. The van der Waals surface area contributed by atoms with E-state index in [9.17, 15) is 13.2 Å². The highest BCUT2D eigenvalue weighted by atomic mass is 32.2. The van der Waals surface area contributed by atoms with Crippen LogP contribution in [0.3, 0.4) is 0 Å². The van der Waals surface area contributed by atoms with Gasteiger partial charge in [-0.25, -0.2) is 13.4 Å². The van der Waals surface area contributed by atoms with Gasteiger partial charge in [0.05, 0.1) is 11.4 Å². The van der Waals surface area contributed by atoms with E-state index in [1.54, 1.807) is 36.5 Å². The molecule has 2 aromatic carbocycles. The van der Waals surface area contributed by atoms with E-state index in [0.717, 1.165) is 11.4 Å². The zero-order valence-corrected chi connectivity index (χ0v) is 15.3. The van der Waals surface area contributed by atoms with Crippen molar-refractivity contribution in [3.63, 3.8) is 0 Å². The maximum atomic E-state index is 12.0. The number of hydrogen-bond acceptors (Lipinski definition) is 4. The molecule has 0 aliphatic rings. The third-order valence-electron chi connectivity index (χ3n) is 3.89. The van der Waals surface area contributed by atoms with Gasteiger partial charge in [0.2, 0.25) is 5.91 Å². The van der Waals surface area contributed by atoms with Crippen LogP contribution in [0.5, 0.6) is 0 Å². The maximum absolute atomic E-state index is 12.0. The number of nitrogens with zero attached hydrogens (tertiary/aromatic N) is 2. The molecular weight excluding hydrogens is 350 g/mol. The van der Waals surface area contributed by atoms with Gasteiger partial charge in [-0.15, -0.1) is 0 Å². The summed E-state index contributed by atoms with van der Waals surface area (Å²) < 4.78 is 25.9. The van der Waals surface area contributed by atoms with Crippen LogP contribution >= 0.6 is 0 Å². The van der Waals surface area contributed by atoms with Crippen molar-refractivity contribution in [1.82, 2.24) is 9.55 Å². The van der Waals surface area contributed by atoms with Crippen LogP contribution in [-0.4, -0.2) is 30.1 Å². The Morgan fingerprint density at radius 2 is 1.81 bits per heavy atom. The van der Waals surface area contributed by atoms with Crippen LogP contribution < -0.4 is 5.32 Å². The van der Waals surface area contributed by atoms with Gasteiger partial charge < -0.3 is 9.88 Å². The Hall–Kier alpha value is -2.93. The molecule has 7 heteroatoms. The number of carbonyl (C=O) groups is 1. The molecule has 0 unspecified atom stereocenters. The molecule has 3 rings (SSSR count). The van der Waals surface area contributed by atoms with Crippen LogP contribution in [0.2, 0.25) is 0 Å². The smallest absolute Gasteiger partial charge is 0.221 e. The molecule has 6 nitrogen and oxygen atoms in total. The van der Waals surface area contributed by atoms with Crippen molar-refractivity contribution in [2.45, 2.75) is 18.4 Å². The summed E-state index contributed by atoms with van der Waals surface area (Å²) in [6.45, 7) is 1.85. The largest absolute Gasteiger partial charge is 0.327 e. The summed E-state index contributed by atoms with van der Waals surface area (Å²) in [4.78, 5) is 15.8. The van der Waals surface area contributed by atoms with E-state index in [4.69, 9.17) is 0 Å². The molecular formula is C19H19N3O3S. The Balaban J connectivity index is 1.92. The zero-order chi connectivity index (χ0) is 18.7. The van der Waals surface area contributed by atoms with Gasteiger partial charge in [-0.1, -0.05) is 18.2 Å². The van der Waals surface area contributed by atoms with Gasteiger partial charge in [0, 0.05) is 36.8 Å². The summed E-state index contributed by atoms with van der Waals surface area (Å²) in [6, 6.07) is 14.3. The van der Waals surface area contributed by atoms with Crippen LogP contribution in [0.4, 0.5) is 5.69 Å². The van der Waals surface area contributed by atoms with Crippen molar-refractivity contribution in [2.24, 2.45) is 0 Å². The monoisotopic (exact) mass is 369 g/mol. The number of amides is 1. The quantitative estimate of drug-likeness (QED) is 0.750. The first kappa shape index (κ1) is 17.9. The fraction of sp³-hybridized carbons (Fsp3) is 0.158. The predicted molar refractivity (Wildman–Crippen MR) is 101 cm³/mol. The molecule has 26 heavy (non-hydrogen) atoms. The SMILES string of the molecule is CC(=O)Nc1ccc(-c2nccn2Cc2ccccc2S(C)(=O)=O)cc1. The van der Waals surface area contributed by atoms with Gasteiger partial charge in [-0.05, 0) is 35.9 Å². The fourth-order valence-corrected chi connectivity index (χ4v) is 3.72. The molecule has 0 aliphatic heterocycles. The first-order chi connectivity index (χ1) is 12.3. The van der Waals surface area contributed by atoms with Crippen molar-refractivity contribution in [1.29, 1.82) is 0 Å².